The molecule has 4 nitrogen and oxygen atoms in total. The molecule has 0 aromatic heterocycles. The van der Waals surface area contributed by atoms with Gasteiger partial charge in [0, 0.05) is 12.8 Å². The second kappa shape index (κ2) is 14.3. The first-order chi connectivity index (χ1) is 12.6. The van der Waals surface area contributed by atoms with E-state index in [-0.39, 0.29) is 5.97 Å². The Labute approximate surface area is 158 Å². The molecule has 1 aromatic rings. The first-order valence-electron chi connectivity index (χ1n) is 10.1. The summed E-state index contributed by atoms with van der Waals surface area (Å²) in [4.78, 5) is 22.2. The molecule has 1 rings (SSSR count). The Bertz CT molecular complexity index is 525. The fourth-order valence-corrected chi connectivity index (χ4v) is 2.98. The van der Waals surface area contributed by atoms with Crippen LogP contribution >= 0.6 is 0 Å². The number of hydrogen-bond donors (Lipinski definition) is 1. The molecule has 0 saturated heterocycles. The molecule has 0 spiro atoms. The number of aliphatic carboxylic acids is 1. The minimum atomic E-state index is -0.687. The van der Waals surface area contributed by atoms with E-state index in [9.17, 15) is 9.59 Å². The van der Waals surface area contributed by atoms with Crippen molar-refractivity contribution < 1.29 is 19.4 Å². The Kier molecular flexibility index (Phi) is 12.2. The van der Waals surface area contributed by atoms with Gasteiger partial charge in [-0.15, -0.1) is 0 Å². The zero-order chi connectivity index (χ0) is 19.0. The van der Waals surface area contributed by atoms with Gasteiger partial charge in [-0.1, -0.05) is 76.0 Å². The van der Waals surface area contributed by atoms with Gasteiger partial charge in [0.2, 0.25) is 0 Å². The van der Waals surface area contributed by atoms with Crippen LogP contribution in [0.3, 0.4) is 0 Å². The molecule has 146 valence electrons. The molecule has 0 amide bonds. The lowest BCUT2D eigenvalue weighted by Crippen LogP contribution is -2.08. The highest BCUT2D eigenvalue weighted by Gasteiger charge is 2.06. The maximum atomic E-state index is 11.8. The lowest BCUT2D eigenvalue weighted by molar-refractivity contribution is -0.137. The van der Waals surface area contributed by atoms with Crippen molar-refractivity contribution in [2.45, 2.75) is 90.4 Å². The second-order valence-corrected chi connectivity index (χ2v) is 7.02. The Balaban J connectivity index is 1.87. The number of aryl methyl sites for hydroxylation is 1. The number of carbonyl (C=O) groups is 2. The molecule has 0 saturated carbocycles. The van der Waals surface area contributed by atoms with Crippen molar-refractivity contribution in [1.29, 1.82) is 0 Å². The molecular weight excluding hydrogens is 328 g/mol. The summed E-state index contributed by atoms with van der Waals surface area (Å²) < 4.78 is 5.39. The molecule has 0 atom stereocenters. The molecule has 0 radical (unpaired) electrons. The number of ether oxygens (including phenoxy) is 1. The van der Waals surface area contributed by atoms with Crippen LogP contribution in [0.5, 0.6) is 5.75 Å². The number of unbranched alkanes of at least 4 members (excludes halogenated alkanes) is 10. The van der Waals surface area contributed by atoms with E-state index in [2.05, 4.69) is 0 Å². The van der Waals surface area contributed by atoms with E-state index in [1.54, 1.807) is 0 Å². The summed E-state index contributed by atoms with van der Waals surface area (Å²) >= 11 is 0. The standard InChI is InChI=1S/C22H34O4/c1-19-15-13-14-16-20(19)26-22(25)18-12-10-8-6-4-2-3-5-7-9-11-17-21(23)24/h13-16H,2-12,17-18H2,1H3,(H,23,24). The van der Waals surface area contributed by atoms with Gasteiger partial charge in [-0.05, 0) is 31.4 Å². The summed E-state index contributed by atoms with van der Waals surface area (Å²) in [5, 5.41) is 8.56. The molecule has 0 unspecified atom stereocenters. The summed E-state index contributed by atoms with van der Waals surface area (Å²) in [7, 11) is 0. The highest BCUT2D eigenvalue weighted by Crippen LogP contribution is 2.17. The van der Waals surface area contributed by atoms with Crippen molar-refractivity contribution in [3.63, 3.8) is 0 Å². The van der Waals surface area contributed by atoms with Gasteiger partial charge < -0.3 is 9.84 Å². The zero-order valence-electron chi connectivity index (χ0n) is 16.2. The number of rotatable bonds is 15. The third kappa shape index (κ3) is 11.7. The fraction of sp³-hybridized carbons (Fsp3) is 0.636. The quantitative estimate of drug-likeness (QED) is 0.234. The lowest BCUT2D eigenvalue weighted by atomic mass is 10.0. The third-order valence-corrected chi connectivity index (χ3v) is 4.59. The van der Waals surface area contributed by atoms with Gasteiger partial charge in [0.15, 0.2) is 0 Å². The molecule has 0 aliphatic rings. The summed E-state index contributed by atoms with van der Waals surface area (Å²) in [5.74, 6) is -0.156. The van der Waals surface area contributed by atoms with Gasteiger partial charge in [0.05, 0.1) is 0 Å². The smallest absolute Gasteiger partial charge is 0.311 e. The number of carboxylic acids is 1. The van der Waals surface area contributed by atoms with Crippen LogP contribution in [-0.2, 0) is 9.59 Å². The zero-order valence-corrected chi connectivity index (χ0v) is 16.2. The molecule has 1 N–H and O–H groups in total. The maximum absolute atomic E-state index is 11.8. The normalized spacial score (nSPS) is 10.7. The van der Waals surface area contributed by atoms with Crippen molar-refractivity contribution in [3.05, 3.63) is 29.8 Å². The molecule has 0 bridgehead atoms. The van der Waals surface area contributed by atoms with Crippen LogP contribution in [-0.4, -0.2) is 17.0 Å². The van der Waals surface area contributed by atoms with Gasteiger partial charge >= 0.3 is 11.9 Å². The van der Waals surface area contributed by atoms with E-state index in [0.717, 1.165) is 37.7 Å². The molecule has 0 aliphatic carbocycles. The Morgan fingerprint density at radius 3 is 1.73 bits per heavy atom. The predicted molar refractivity (Wildman–Crippen MR) is 104 cm³/mol. The molecule has 26 heavy (non-hydrogen) atoms. The van der Waals surface area contributed by atoms with E-state index < -0.39 is 5.97 Å². The highest BCUT2D eigenvalue weighted by molar-refractivity contribution is 5.72. The van der Waals surface area contributed by atoms with E-state index in [1.807, 2.05) is 31.2 Å². The molecular formula is C22H34O4. The van der Waals surface area contributed by atoms with Crippen LogP contribution in [0.25, 0.3) is 0 Å². The molecule has 0 aliphatic heterocycles. The number of carboxylic acid groups (broad SMARTS) is 1. The van der Waals surface area contributed by atoms with Crippen molar-refractivity contribution in [3.8, 4) is 5.75 Å². The van der Waals surface area contributed by atoms with Crippen LogP contribution in [0, 0.1) is 6.92 Å². The Hall–Kier alpha value is -1.84. The third-order valence-electron chi connectivity index (χ3n) is 4.59. The van der Waals surface area contributed by atoms with Crippen LogP contribution in [0.1, 0.15) is 89.0 Å². The minimum absolute atomic E-state index is 0.137. The number of para-hydroxylation sites is 1. The largest absolute Gasteiger partial charge is 0.481 e. The number of hydrogen-bond acceptors (Lipinski definition) is 3. The van der Waals surface area contributed by atoms with E-state index in [0.29, 0.717) is 18.6 Å². The van der Waals surface area contributed by atoms with Crippen molar-refractivity contribution in [2.75, 3.05) is 0 Å². The summed E-state index contributed by atoms with van der Waals surface area (Å²) in [6.07, 6.45) is 13.1. The number of esters is 1. The Morgan fingerprint density at radius 2 is 1.23 bits per heavy atom. The predicted octanol–water partition coefficient (Wildman–Crippen LogP) is 6.06. The topological polar surface area (TPSA) is 63.6 Å². The highest BCUT2D eigenvalue weighted by atomic mass is 16.5. The van der Waals surface area contributed by atoms with Gasteiger partial charge in [0.25, 0.3) is 0 Å². The summed E-state index contributed by atoms with van der Waals surface area (Å²) in [6.45, 7) is 1.94. The van der Waals surface area contributed by atoms with E-state index in [4.69, 9.17) is 9.84 Å². The average Bonchev–Trinajstić information content (AvgIpc) is 2.60. The fourth-order valence-electron chi connectivity index (χ4n) is 2.98. The molecule has 0 heterocycles. The first kappa shape index (κ1) is 22.2. The molecule has 4 heteroatoms. The van der Waals surface area contributed by atoms with Crippen molar-refractivity contribution in [1.82, 2.24) is 0 Å². The van der Waals surface area contributed by atoms with Crippen LogP contribution < -0.4 is 4.74 Å². The molecule has 1 aromatic carbocycles. The average molecular weight is 363 g/mol. The van der Waals surface area contributed by atoms with E-state index in [1.165, 1.54) is 38.5 Å². The summed E-state index contributed by atoms with van der Waals surface area (Å²) in [6, 6.07) is 7.59. The van der Waals surface area contributed by atoms with Gasteiger partial charge in [-0.3, -0.25) is 9.59 Å². The van der Waals surface area contributed by atoms with E-state index >= 15 is 0 Å². The van der Waals surface area contributed by atoms with Gasteiger partial charge in [0.1, 0.15) is 5.75 Å². The number of carbonyl (C=O) groups excluding carboxylic acids is 1. The monoisotopic (exact) mass is 362 g/mol. The first-order valence-corrected chi connectivity index (χ1v) is 10.1. The van der Waals surface area contributed by atoms with Crippen LogP contribution in [0.15, 0.2) is 24.3 Å². The van der Waals surface area contributed by atoms with Crippen LogP contribution in [0.4, 0.5) is 0 Å². The second-order valence-electron chi connectivity index (χ2n) is 7.02. The Morgan fingerprint density at radius 1 is 0.769 bits per heavy atom. The SMILES string of the molecule is Cc1ccccc1OC(=O)CCCCCCCCCCCCCC(=O)O. The number of benzene rings is 1. The summed E-state index contributed by atoms with van der Waals surface area (Å²) in [5.41, 5.74) is 0.989. The van der Waals surface area contributed by atoms with Gasteiger partial charge in [-0.25, -0.2) is 0 Å². The lowest BCUT2D eigenvalue weighted by Gasteiger charge is -2.07. The van der Waals surface area contributed by atoms with Crippen molar-refractivity contribution in [2.24, 2.45) is 0 Å². The maximum Gasteiger partial charge on any atom is 0.311 e. The van der Waals surface area contributed by atoms with Gasteiger partial charge in [-0.2, -0.15) is 0 Å². The van der Waals surface area contributed by atoms with Crippen LogP contribution in [0.2, 0.25) is 0 Å². The minimum Gasteiger partial charge on any atom is -0.481 e. The molecule has 0 fully saturated rings. The van der Waals surface area contributed by atoms with Crippen molar-refractivity contribution >= 4 is 11.9 Å².